The summed E-state index contributed by atoms with van der Waals surface area (Å²) in [5.74, 6) is 1.25. The van der Waals surface area contributed by atoms with Crippen molar-refractivity contribution >= 4 is 5.91 Å². The Morgan fingerprint density at radius 1 is 1.31 bits per heavy atom. The maximum absolute atomic E-state index is 12.1. The molecule has 158 valence electrons. The Labute approximate surface area is 171 Å². The SMILES string of the molecule is COc1ccc(O)c(CNC2CCC(n3cc(C(=O)NCC(C)C)nn3)CC2)c1. The molecular weight excluding hydrogens is 370 g/mol. The van der Waals surface area contributed by atoms with E-state index in [0.717, 1.165) is 37.0 Å². The normalized spacial score (nSPS) is 19.3. The Kier molecular flexibility index (Phi) is 7.09. The highest BCUT2D eigenvalue weighted by molar-refractivity contribution is 5.91. The quantitative estimate of drug-likeness (QED) is 0.629. The van der Waals surface area contributed by atoms with Gasteiger partial charge in [-0.15, -0.1) is 5.10 Å². The first-order valence-corrected chi connectivity index (χ1v) is 10.3. The Bertz CT molecular complexity index is 812. The van der Waals surface area contributed by atoms with E-state index in [2.05, 4.69) is 34.8 Å². The van der Waals surface area contributed by atoms with Crippen LogP contribution in [-0.4, -0.2) is 45.7 Å². The van der Waals surface area contributed by atoms with Gasteiger partial charge in [0, 0.05) is 24.7 Å². The third-order valence-electron chi connectivity index (χ3n) is 5.35. The fraction of sp³-hybridized carbons (Fsp3) is 0.571. The molecule has 1 fully saturated rings. The number of carbonyl (C=O) groups excluding carboxylic acids is 1. The van der Waals surface area contributed by atoms with Gasteiger partial charge in [-0.3, -0.25) is 4.79 Å². The number of carbonyl (C=O) groups is 1. The van der Waals surface area contributed by atoms with Gasteiger partial charge in [0.15, 0.2) is 5.69 Å². The van der Waals surface area contributed by atoms with Crippen molar-refractivity contribution in [2.75, 3.05) is 13.7 Å². The molecule has 1 heterocycles. The summed E-state index contributed by atoms with van der Waals surface area (Å²) < 4.78 is 7.06. The number of phenols is 1. The minimum atomic E-state index is -0.168. The zero-order chi connectivity index (χ0) is 20.8. The number of hydrogen-bond acceptors (Lipinski definition) is 6. The highest BCUT2D eigenvalue weighted by Gasteiger charge is 2.24. The molecular formula is C21H31N5O3. The molecule has 0 radical (unpaired) electrons. The van der Waals surface area contributed by atoms with Crippen LogP contribution >= 0.6 is 0 Å². The van der Waals surface area contributed by atoms with Gasteiger partial charge >= 0.3 is 0 Å². The zero-order valence-corrected chi connectivity index (χ0v) is 17.4. The van der Waals surface area contributed by atoms with Crippen LogP contribution in [0.5, 0.6) is 11.5 Å². The summed E-state index contributed by atoms with van der Waals surface area (Å²) in [5.41, 5.74) is 1.21. The molecule has 1 aromatic carbocycles. The van der Waals surface area contributed by atoms with E-state index in [1.165, 1.54) is 0 Å². The molecule has 8 nitrogen and oxygen atoms in total. The molecule has 3 N–H and O–H groups in total. The Hall–Kier alpha value is -2.61. The lowest BCUT2D eigenvalue weighted by Gasteiger charge is -2.29. The van der Waals surface area contributed by atoms with Crippen LogP contribution in [0.15, 0.2) is 24.4 Å². The first kappa shape index (κ1) is 21.1. The molecule has 1 aliphatic rings. The summed E-state index contributed by atoms with van der Waals surface area (Å²) in [4.78, 5) is 12.1. The maximum Gasteiger partial charge on any atom is 0.273 e. The molecule has 1 aliphatic carbocycles. The first-order chi connectivity index (χ1) is 14.0. The second-order valence-electron chi connectivity index (χ2n) is 8.07. The van der Waals surface area contributed by atoms with Crippen molar-refractivity contribution in [3.05, 3.63) is 35.7 Å². The van der Waals surface area contributed by atoms with E-state index in [1.54, 1.807) is 25.4 Å². The van der Waals surface area contributed by atoms with Gasteiger partial charge in [-0.1, -0.05) is 19.1 Å². The van der Waals surface area contributed by atoms with Gasteiger partial charge in [0.2, 0.25) is 0 Å². The van der Waals surface area contributed by atoms with Gasteiger partial charge in [0.25, 0.3) is 5.91 Å². The van der Waals surface area contributed by atoms with Gasteiger partial charge in [0.1, 0.15) is 11.5 Å². The summed E-state index contributed by atoms with van der Waals surface area (Å²) in [7, 11) is 1.62. The lowest BCUT2D eigenvalue weighted by atomic mass is 9.91. The van der Waals surface area contributed by atoms with E-state index in [9.17, 15) is 9.90 Å². The fourth-order valence-electron chi connectivity index (χ4n) is 3.58. The third kappa shape index (κ3) is 5.69. The van der Waals surface area contributed by atoms with Crippen LogP contribution in [-0.2, 0) is 6.54 Å². The number of nitrogens with zero attached hydrogens (tertiary/aromatic N) is 3. The van der Waals surface area contributed by atoms with Crippen LogP contribution in [0.2, 0.25) is 0 Å². The molecule has 0 saturated heterocycles. The average molecular weight is 402 g/mol. The maximum atomic E-state index is 12.1. The number of aromatic hydroxyl groups is 1. The van der Waals surface area contributed by atoms with Crippen molar-refractivity contribution in [2.45, 2.75) is 58.2 Å². The number of rotatable bonds is 8. The van der Waals surface area contributed by atoms with Crippen molar-refractivity contribution in [3.8, 4) is 11.5 Å². The molecule has 1 saturated carbocycles. The molecule has 0 aliphatic heterocycles. The molecule has 0 spiro atoms. The Balaban J connectivity index is 1.48. The molecule has 3 rings (SSSR count). The molecule has 8 heteroatoms. The van der Waals surface area contributed by atoms with Gasteiger partial charge < -0.3 is 20.5 Å². The lowest BCUT2D eigenvalue weighted by Crippen LogP contribution is -2.33. The number of methoxy groups -OCH3 is 1. The number of nitrogens with one attached hydrogen (secondary N) is 2. The molecule has 2 aromatic rings. The zero-order valence-electron chi connectivity index (χ0n) is 17.4. The molecule has 29 heavy (non-hydrogen) atoms. The summed E-state index contributed by atoms with van der Waals surface area (Å²) in [6.45, 7) is 5.34. The minimum Gasteiger partial charge on any atom is -0.508 e. The predicted octanol–water partition coefficient (Wildman–Crippen LogP) is 2.65. The second-order valence-corrected chi connectivity index (χ2v) is 8.07. The van der Waals surface area contributed by atoms with E-state index >= 15 is 0 Å². The van der Waals surface area contributed by atoms with Gasteiger partial charge in [0.05, 0.1) is 19.3 Å². The van der Waals surface area contributed by atoms with Crippen molar-refractivity contribution in [1.82, 2.24) is 25.6 Å². The average Bonchev–Trinajstić information content (AvgIpc) is 3.22. The molecule has 1 aromatic heterocycles. The largest absolute Gasteiger partial charge is 0.508 e. The number of aromatic nitrogens is 3. The van der Waals surface area contributed by atoms with E-state index < -0.39 is 0 Å². The monoisotopic (exact) mass is 401 g/mol. The van der Waals surface area contributed by atoms with Crippen LogP contribution in [0.4, 0.5) is 0 Å². The smallest absolute Gasteiger partial charge is 0.273 e. The Morgan fingerprint density at radius 2 is 2.07 bits per heavy atom. The summed E-state index contributed by atoms with van der Waals surface area (Å²) in [6, 6.07) is 5.91. The van der Waals surface area contributed by atoms with Crippen molar-refractivity contribution < 1.29 is 14.6 Å². The van der Waals surface area contributed by atoms with E-state index in [0.29, 0.717) is 30.7 Å². The fourth-order valence-corrected chi connectivity index (χ4v) is 3.58. The molecule has 0 unspecified atom stereocenters. The van der Waals surface area contributed by atoms with Crippen molar-refractivity contribution in [1.29, 1.82) is 0 Å². The lowest BCUT2D eigenvalue weighted by molar-refractivity contribution is 0.0944. The van der Waals surface area contributed by atoms with Crippen LogP contribution in [0.25, 0.3) is 0 Å². The van der Waals surface area contributed by atoms with E-state index in [4.69, 9.17) is 4.74 Å². The van der Waals surface area contributed by atoms with E-state index in [-0.39, 0.29) is 17.7 Å². The van der Waals surface area contributed by atoms with Crippen molar-refractivity contribution in [2.24, 2.45) is 5.92 Å². The highest BCUT2D eigenvalue weighted by atomic mass is 16.5. The summed E-state index contributed by atoms with van der Waals surface area (Å²) in [6.07, 6.45) is 5.70. The standard InChI is InChI=1S/C21H31N5O3/c1-14(2)11-23-21(28)19-13-26(25-24-19)17-6-4-16(5-7-17)22-12-15-10-18(29-3)8-9-20(15)27/h8-10,13-14,16-17,22,27H,4-7,11-12H2,1-3H3,(H,23,28). The van der Waals surface area contributed by atoms with E-state index in [1.807, 2.05) is 10.7 Å². The second kappa shape index (κ2) is 9.73. The van der Waals surface area contributed by atoms with Gasteiger partial charge in [-0.05, 0) is 49.8 Å². The van der Waals surface area contributed by atoms with Crippen LogP contribution in [0.1, 0.15) is 61.6 Å². The first-order valence-electron chi connectivity index (χ1n) is 10.3. The highest BCUT2D eigenvalue weighted by Crippen LogP contribution is 2.29. The van der Waals surface area contributed by atoms with Crippen LogP contribution < -0.4 is 15.4 Å². The number of amides is 1. The molecule has 0 atom stereocenters. The molecule has 0 bridgehead atoms. The summed E-state index contributed by atoms with van der Waals surface area (Å²) >= 11 is 0. The minimum absolute atomic E-state index is 0.168. The molecule has 1 amide bonds. The third-order valence-corrected chi connectivity index (χ3v) is 5.35. The number of benzene rings is 1. The summed E-state index contributed by atoms with van der Waals surface area (Å²) in [5, 5.41) is 24.6. The van der Waals surface area contributed by atoms with Crippen LogP contribution in [0, 0.1) is 5.92 Å². The van der Waals surface area contributed by atoms with Gasteiger partial charge in [-0.25, -0.2) is 4.68 Å². The predicted molar refractivity (Wildman–Crippen MR) is 110 cm³/mol. The topological polar surface area (TPSA) is 101 Å². The van der Waals surface area contributed by atoms with Crippen LogP contribution in [0.3, 0.4) is 0 Å². The van der Waals surface area contributed by atoms with Crippen molar-refractivity contribution in [3.63, 3.8) is 0 Å². The number of ether oxygens (including phenoxy) is 1. The van der Waals surface area contributed by atoms with Gasteiger partial charge in [-0.2, -0.15) is 0 Å². The number of phenolic OH excluding ortho intramolecular Hbond substituents is 1. The Morgan fingerprint density at radius 3 is 2.76 bits per heavy atom. The number of hydrogen-bond donors (Lipinski definition) is 3.